The van der Waals surface area contributed by atoms with Crippen LogP contribution in [0.3, 0.4) is 0 Å². The molecule has 1 aromatic carbocycles. The van der Waals surface area contributed by atoms with Gasteiger partial charge in [0.15, 0.2) is 11.9 Å². The number of ketones is 1. The van der Waals surface area contributed by atoms with Crippen molar-refractivity contribution in [2.45, 2.75) is 44.7 Å². The molecule has 29 heavy (non-hydrogen) atoms. The van der Waals surface area contributed by atoms with Gasteiger partial charge in [-0.1, -0.05) is 32.0 Å². The highest BCUT2D eigenvalue weighted by atomic mass is 16.1. The number of carbonyl (C=O) groups is 1. The van der Waals surface area contributed by atoms with Crippen LogP contribution in [0.5, 0.6) is 0 Å². The number of Topliss-reactive ketones (excluding diaryl/α,β-unsaturated/α-hetero) is 1. The van der Waals surface area contributed by atoms with E-state index in [4.69, 9.17) is 0 Å². The summed E-state index contributed by atoms with van der Waals surface area (Å²) in [5.41, 5.74) is 5.83. The van der Waals surface area contributed by atoms with E-state index >= 15 is 0 Å². The summed E-state index contributed by atoms with van der Waals surface area (Å²) in [6.45, 7) is 4.30. The van der Waals surface area contributed by atoms with Crippen LogP contribution in [0.2, 0.25) is 0 Å². The second kappa shape index (κ2) is 6.51. The smallest absolute Gasteiger partial charge is 0.164 e. The van der Waals surface area contributed by atoms with Crippen LogP contribution in [0, 0.1) is 5.92 Å². The second-order valence-corrected chi connectivity index (χ2v) is 8.39. The summed E-state index contributed by atoms with van der Waals surface area (Å²) in [6.07, 6.45) is 7.82. The number of carbonyl (C=O) groups excluding carboxylic acids is 1. The standard InChI is InChI=1S/C23H25N5O/c1-4-23(17-7-5-6-15(10-17)16-11-25-28(3)13-16)18-12-24-27-22(18)26-19-8-14(2)9-20(29)21(19)23/h5-7,10-14,22,26H,4,8-9H2,1-3H3. The number of rotatable bonds is 3. The number of aromatic nitrogens is 2. The Kier molecular flexibility index (Phi) is 4.05. The molecule has 0 fully saturated rings. The quantitative estimate of drug-likeness (QED) is 0.855. The minimum atomic E-state index is -0.496. The Morgan fingerprint density at radius 1 is 1.28 bits per heavy atom. The van der Waals surface area contributed by atoms with Crippen LogP contribution in [0.1, 0.15) is 38.7 Å². The molecular weight excluding hydrogens is 362 g/mol. The summed E-state index contributed by atoms with van der Waals surface area (Å²) in [5.74, 6) is 0.583. The Morgan fingerprint density at radius 2 is 2.14 bits per heavy atom. The minimum Gasteiger partial charge on any atom is -0.362 e. The van der Waals surface area contributed by atoms with Gasteiger partial charge in [-0.25, -0.2) is 0 Å². The van der Waals surface area contributed by atoms with Gasteiger partial charge < -0.3 is 5.32 Å². The molecule has 3 aliphatic rings. The fourth-order valence-electron chi connectivity index (χ4n) is 5.22. The van der Waals surface area contributed by atoms with Crippen LogP contribution in [0.15, 0.2) is 69.9 Å². The van der Waals surface area contributed by atoms with Gasteiger partial charge in [0.2, 0.25) is 0 Å². The maximum Gasteiger partial charge on any atom is 0.164 e. The normalized spacial score (nSPS) is 28.1. The summed E-state index contributed by atoms with van der Waals surface area (Å²) < 4.78 is 1.81. The van der Waals surface area contributed by atoms with Gasteiger partial charge >= 0.3 is 0 Å². The molecule has 1 aromatic heterocycles. The first-order valence-corrected chi connectivity index (χ1v) is 10.3. The lowest BCUT2D eigenvalue weighted by Gasteiger charge is -2.46. The van der Waals surface area contributed by atoms with Crippen molar-refractivity contribution in [3.63, 3.8) is 0 Å². The first kappa shape index (κ1) is 18.0. The molecule has 2 aliphatic heterocycles. The third-order valence-corrected chi connectivity index (χ3v) is 6.50. The fourth-order valence-corrected chi connectivity index (χ4v) is 5.22. The van der Waals surface area contributed by atoms with Gasteiger partial charge in [-0.3, -0.25) is 9.48 Å². The summed E-state index contributed by atoms with van der Waals surface area (Å²) in [7, 11) is 1.92. The van der Waals surface area contributed by atoms with E-state index in [1.165, 1.54) is 0 Å². The van der Waals surface area contributed by atoms with Crippen LogP contribution in [0.25, 0.3) is 11.1 Å². The highest BCUT2D eigenvalue weighted by Crippen LogP contribution is 2.52. The first-order chi connectivity index (χ1) is 14.0. The number of azo groups is 1. The molecular formula is C23H25N5O. The van der Waals surface area contributed by atoms with E-state index in [9.17, 15) is 4.79 Å². The van der Waals surface area contributed by atoms with Crippen molar-refractivity contribution in [2.24, 2.45) is 23.2 Å². The molecule has 0 saturated carbocycles. The van der Waals surface area contributed by atoms with E-state index in [-0.39, 0.29) is 11.9 Å². The second-order valence-electron chi connectivity index (χ2n) is 8.39. The Bertz CT molecular complexity index is 1090. The van der Waals surface area contributed by atoms with E-state index in [1.54, 1.807) is 0 Å². The highest BCUT2D eigenvalue weighted by molar-refractivity contribution is 6.01. The number of hydrogen-bond acceptors (Lipinski definition) is 5. The molecule has 6 nitrogen and oxygen atoms in total. The minimum absolute atomic E-state index is 0.186. The predicted octanol–water partition coefficient (Wildman–Crippen LogP) is 4.27. The average molecular weight is 387 g/mol. The lowest BCUT2D eigenvalue weighted by atomic mass is 9.60. The van der Waals surface area contributed by atoms with Crippen molar-refractivity contribution in [2.75, 3.05) is 0 Å². The van der Waals surface area contributed by atoms with Gasteiger partial charge in [-0.2, -0.15) is 15.3 Å². The Morgan fingerprint density at radius 3 is 2.90 bits per heavy atom. The van der Waals surface area contributed by atoms with Crippen molar-refractivity contribution in [1.82, 2.24) is 15.1 Å². The maximum atomic E-state index is 13.3. The maximum absolute atomic E-state index is 13.3. The molecule has 2 aromatic rings. The van der Waals surface area contributed by atoms with Gasteiger partial charge in [-0.15, -0.1) is 0 Å². The third kappa shape index (κ3) is 2.62. The van der Waals surface area contributed by atoms with Gasteiger partial charge in [0, 0.05) is 42.1 Å². The molecule has 3 heterocycles. The zero-order valence-corrected chi connectivity index (χ0v) is 17.0. The molecule has 0 saturated heterocycles. The van der Waals surface area contributed by atoms with E-state index in [2.05, 4.69) is 58.8 Å². The number of allylic oxidation sites excluding steroid dienone is 2. The monoisotopic (exact) mass is 387 g/mol. The summed E-state index contributed by atoms with van der Waals surface area (Å²) in [6, 6.07) is 8.52. The predicted molar refractivity (Wildman–Crippen MR) is 111 cm³/mol. The average Bonchev–Trinajstić information content (AvgIpc) is 3.35. The summed E-state index contributed by atoms with van der Waals surface area (Å²) in [4.78, 5) is 13.3. The van der Waals surface area contributed by atoms with Crippen molar-refractivity contribution in [3.8, 4) is 11.1 Å². The van der Waals surface area contributed by atoms with E-state index in [1.807, 2.05) is 30.3 Å². The zero-order valence-electron chi connectivity index (χ0n) is 17.0. The Hall–Kier alpha value is -3.02. The van der Waals surface area contributed by atoms with Crippen molar-refractivity contribution in [3.05, 3.63) is 65.3 Å². The Labute approximate surface area is 170 Å². The van der Waals surface area contributed by atoms with E-state index in [0.29, 0.717) is 12.3 Å². The number of nitrogens with zero attached hydrogens (tertiary/aromatic N) is 4. The van der Waals surface area contributed by atoms with Crippen LogP contribution in [-0.4, -0.2) is 21.7 Å². The van der Waals surface area contributed by atoms with Crippen LogP contribution in [0.4, 0.5) is 0 Å². The number of fused-ring (bicyclic) bond motifs is 1. The van der Waals surface area contributed by atoms with Crippen LogP contribution in [-0.2, 0) is 17.3 Å². The van der Waals surface area contributed by atoms with Gasteiger partial charge in [-0.05, 0) is 36.0 Å². The van der Waals surface area contributed by atoms with Crippen molar-refractivity contribution >= 4 is 5.78 Å². The molecule has 5 rings (SSSR count). The summed E-state index contributed by atoms with van der Waals surface area (Å²) in [5, 5.41) is 16.5. The molecule has 1 N–H and O–H groups in total. The molecule has 0 amide bonds. The van der Waals surface area contributed by atoms with Gasteiger partial charge in [0.05, 0.1) is 17.8 Å². The largest absolute Gasteiger partial charge is 0.362 e. The highest BCUT2D eigenvalue weighted by Gasteiger charge is 2.51. The van der Waals surface area contributed by atoms with Gasteiger partial charge in [0.25, 0.3) is 0 Å². The lowest BCUT2D eigenvalue weighted by molar-refractivity contribution is -0.117. The number of nitrogens with one attached hydrogen (secondary N) is 1. The lowest BCUT2D eigenvalue weighted by Crippen LogP contribution is -2.50. The summed E-state index contributed by atoms with van der Waals surface area (Å²) >= 11 is 0. The topological polar surface area (TPSA) is 71.6 Å². The van der Waals surface area contributed by atoms with Crippen molar-refractivity contribution in [1.29, 1.82) is 0 Å². The molecule has 6 heteroatoms. The molecule has 0 spiro atoms. The van der Waals surface area contributed by atoms with Crippen LogP contribution >= 0.6 is 0 Å². The molecule has 3 atom stereocenters. The fraction of sp³-hybridized carbons (Fsp3) is 0.391. The SMILES string of the molecule is CCC1(c2cccc(-c3cnn(C)c3)c2)C2=CN=NC2NC2=C1C(=O)CC(C)C2. The molecule has 0 radical (unpaired) electrons. The number of aryl methyl sites for hydroxylation is 1. The molecule has 0 bridgehead atoms. The van der Waals surface area contributed by atoms with E-state index < -0.39 is 5.41 Å². The molecule has 1 aliphatic carbocycles. The zero-order chi connectivity index (χ0) is 20.2. The van der Waals surface area contributed by atoms with E-state index in [0.717, 1.165) is 46.4 Å². The van der Waals surface area contributed by atoms with Crippen LogP contribution < -0.4 is 5.32 Å². The van der Waals surface area contributed by atoms with Gasteiger partial charge in [0.1, 0.15) is 0 Å². The number of hydrogen-bond donors (Lipinski definition) is 1. The molecule has 3 unspecified atom stereocenters. The number of benzene rings is 1. The third-order valence-electron chi connectivity index (χ3n) is 6.50. The first-order valence-electron chi connectivity index (χ1n) is 10.3. The molecule has 148 valence electrons. The Balaban J connectivity index is 1.73. The van der Waals surface area contributed by atoms with Crippen molar-refractivity contribution < 1.29 is 4.79 Å².